The lowest BCUT2D eigenvalue weighted by molar-refractivity contribution is -0.122. The molecule has 1 saturated heterocycles. The Balaban J connectivity index is 1.57. The highest BCUT2D eigenvalue weighted by molar-refractivity contribution is 9.10. The van der Waals surface area contributed by atoms with E-state index >= 15 is 0 Å². The minimum absolute atomic E-state index is 0.173. The number of anilines is 1. The van der Waals surface area contributed by atoms with Gasteiger partial charge >= 0.3 is 6.03 Å². The van der Waals surface area contributed by atoms with Crippen molar-refractivity contribution in [2.75, 3.05) is 4.90 Å². The Morgan fingerprint density at radius 3 is 2.45 bits per heavy atom. The highest BCUT2D eigenvalue weighted by Gasteiger charge is 2.36. The molecule has 1 fully saturated rings. The first kappa shape index (κ1) is 22.8. The van der Waals surface area contributed by atoms with Gasteiger partial charge in [-0.3, -0.25) is 14.9 Å². The number of nitrogens with one attached hydrogen (secondary N) is 1. The smallest absolute Gasteiger partial charge is 0.335 e. The van der Waals surface area contributed by atoms with Gasteiger partial charge in [-0.1, -0.05) is 69.5 Å². The van der Waals surface area contributed by atoms with E-state index in [0.29, 0.717) is 28.6 Å². The summed E-state index contributed by atoms with van der Waals surface area (Å²) in [6, 6.07) is 18.7. The summed E-state index contributed by atoms with van der Waals surface area (Å²) in [5, 5.41) is 2.54. The van der Waals surface area contributed by atoms with Crippen LogP contribution in [0.2, 0.25) is 5.02 Å². The number of nitrogens with zero attached hydrogens (tertiary/aromatic N) is 1. The van der Waals surface area contributed by atoms with Gasteiger partial charge in [0.2, 0.25) is 0 Å². The van der Waals surface area contributed by atoms with Crippen molar-refractivity contribution in [1.29, 1.82) is 0 Å². The normalized spacial score (nSPS) is 15.1. The van der Waals surface area contributed by atoms with Crippen molar-refractivity contribution in [2.24, 2.45) is 0 Å². The summed E-state index contributed by atoms with van der Waals surface area (Å²) in [6.07, 6.45) is 1.40. The fourth-order valence-corrected chi connectivity index (χ4v) is 3.89. The van der Waals surface area contributed by atoms with Crippen LogP contribution < -0.4 is 15.0 Å². The Hall–Kier alpha value is -3.42. The molecule has 0 aromatic heterocycles. The summed E-state index contributed by atoms with van der Waals surface area (Å²) in [5.74, 6) is -1.01. The predicted octanol–water partition coefficient (Wildman–Crippen LogP) is 5.66. The molecule has 4 rings (SSSR count). The molecule has 0 bridgehead atoms. The quantitative estimate of drug-likeness (QED) is 0.345. The first-order valence-corrected chi connectivity index (χ1v) is 11.1. The molecule has 0 aliphatic carbocycles. The number of benzene rings is 3. The number of amides is 4. The number of hydrogen-bond donors (Lipinski definition) is 1. The molecule has 166 valence electrons. The Bertz CT molecular complexity index is 1290. The third kappa shape index (κ3) is 4.99. The van der Waals surface area contributed by atoms with Gasteiger partial charge in [-0.25, -0.2) is 9.69 Å². The zero-order valence-electron chi connectivity index (χ0n) is 17.5. The maximum absolute atomic E-state index is 13.0. The van der Waals surface area contributed by atoms with Crippen molar-refractivity contribution in [1.82, 2.24) is 5.32 Å². The molecule has 1 aliphatic rings. The molecule has 1 aliphatic heterocycles. The molecule has 3 aromatic rings. The van der Waals surface area contributed by atoms with Gasteiger partial charge in [-0.05, 0) is 48.9 Å². The highest BCUT2D eigenvalue weighted by atomic mass is 79.9. The molecule has 1 heterocycles. The van der Waals surface area contributed by atoms with Crippen LogP contribution in [0.25, 0.3) is 6.08 Å². The van der Waals surface area contributed by atoms with Crippen LogP contribution in [0.3, 0.4) is 0 Å². The highest BCUT2D eigenvalue weighted by Crippen LogP contribution is 2.29. The molecule has 4 amide bonds. The molecular formula is C25H18BrClN2O4. The van der Waals surface area contributed by atoms with E-state index in [1.165, 1.54) is 6.08 Å². The van der Waals surface area contributed by atoms with E-state index in [1.807, 2.05) is 31.2 Å². The van der Waals surface area contributed by atoms with Crippen molar-refractivity contribution >= 4 is 57.1 Å². The second-order valence-electron chi connectivity index (χ2n) is 7.36. The van der Waals surface area contributed by atoms with Crippen molar-refractivity contribution in [3.8, 4) is 5.75 Å². The van der Waals surface area contributed by atoms with Crippen LogP contribution in [-0.4, -0.2) is 17.8 Å². The number of urea groups is 1. The van der Waals surface area contributed by atoms with Crippen LogP contribution in [0.4, 0.5) is 10.5 Å². The van der Waals surface area contributed by atoms with Crippen LogP contribution >= 0.6 is 27.5 Å². The van der Waals surface area contributed by atoms with Crippen LogP contribution in [0, 0.1) is 6.92 Å². The number of carbonyl (C=O) groups is 3. The van der Waals surface area contributed by atoms with E-state index in [0.717, 1.165) is 20.5 Å². The van der Waals surface area contributed by atoms with Crippen molar-refractivity contribution in [2.45, 2.75) is 13.5 Å². The lowest BCUT2D eigenvalue weighted by atomic mass is 10.1. The average Bonchev–Trinajstić information content (AvgIpc) is 2.78. The van der Waals surface area contributed by atoms with E-state index in [9.17, 15) is 14.4 Å². The molecule has 3 aromatic carbocycles. The topological polar surface area (TPSA) is 75.7 Å². The Kier molecular flexibility index (Phi) is 6.62. The van der Waals surface area contributed by atoms with Gasteiger partial charge in [0.1, 0.15) is 17.9 Å². The zero-order chi connectivity index (χ0) is 23.5. The van der Waals surface area contributed by atoms with E-state index in [-0.39, 0.29) is 5.57 Å². The standard InChI is InChI=1S/C25H18BrClN2O4/c1-15-6-9-18(10-7-15)29-24(31)19(23(30)28-25(29)32)12-16-8-11-22(21(27)13-16)33-14-17-4-2-3-5-20(17)26/h2-13H,14H2,1H3,(H,28,30,32)/b19-12+. The fourth-order valence-electron chi connectivity index (χ4n) is 3.25. The maximum Gasteiger partial charge on any atom is 0.335 e. The van der Waals surface area contributed by atoms with Gasteiger partial charge < -0.3 is 4.74 Å². The van der Waals surface area contributed by atoms with Crippen LogP contribution in [0.5, 0.6) is 5.75 Å². The van der Waals surface area contributed by atoms with Gasteiger partial charge in [0, 0.05) is 10.0 Å². The molecular weight excluding hydrogens is 508 g/mol. The van der Waals surface area contributed by atoms with E-state index in [2.05, 4.69) is 21.2 Å². The van der Waals surface area contributed by atoms with Crippen molar-refractivity contribution in [3.63, 3.8) is 0 Å². The summed E-state index contributed by atoms with van der Waals surface area (Å²) < 4.78 is 6.74. The molecule has 0 radical (unpaired) electrons. The lowest BCUT2D eigenvalue weighted by Crippen LogP contribution is -2.54. The second-order valence-corrected chi connectivity index (χ2v) is 8.62. The second kappa shape index (κ2) is 9.60. The molecule has 0 spiro atoms. The van der Waals surface area contributed by atoms with Crippen LogP contribution in [0.1, 0.15) is 16.7 Å². The van der Waals surface area contributed by atoms with Crippen LogP contribution in [-0.2, 0) is 16.2 Å². The number of carbonyl (C=O) groups excluding carboxylic acids is 3. The SMILES string of the molecule is Cc1ccc(N2C(=O)NC(=O)/C(=C\c3ccc(OCc4ccccc4Br)c(Cl)c3)C2=O)cc1. The molecule has 1 N–H and O–H groups in total. The third-order valence-corrected chi connectivity index (χ3v) is 6.07. The summed E-state index contributed by atoms with van der Waals surface area (Å²) >= 11 is 9.85. The number of barbiturate groups is 1. The van der Waals surface area contributed by atoms with E-state index < -0.39 is 17.8 Å². The number of ether oxygens (including phenoxy) is 1. The Morgan fingerprint density at radius 1 is 1.03 bits per heavy atom. The van der Waals surface area contributed by atoms with E-state index in [4.69, 9.17) is 16.3 Å². The Morgan fingerprint density at radius 2 is 1.76 bits per heavy atom. The molecule has 6 nitrogen and oxygen atoms in total. The van der Waals surface area contributed by atoms with Gasteiger partial charge in [0.25, 0.3) is 11.8 Å². The number of hydrogen-bond acceptors (Lipinski definition) is 4. The summed E-state index contributed by atoms with van der Waals surface area (Å²) in [4.78, 5) is 38.6. The molecule has 33 heavy (non-hydrogen) atoms. The van der Waals surface area contributed by atoms with E-state index in [1.54, 1.807) is 42.5 Å². The average molecular weight is 526 g/mol. The minimum atomic E-state index is -0.792. The van der Waals surface area contributed by atoms with Gasteiger partial charge in [0.15, 0.2) is 0 Å². The van der Waals surface area contributed by atoms with Gasteiger partial charge in [-0.2, -0.15) is 0 Å². The number of aryl methyl sites for hydroxylation is 1. The lowest BCUT2D eigenvalue weighted by Gasteiger charge is -2.26. The fraction of sp³-hybridized carbons (Fsp3) is 0.0800. The number of halogens is 2. The predicted molar refractivity (Wildman–Crippen MR) is 130 cm³/mol. The molecule has 0 saturated carbocycles. The minimum Gasteiger partial charge on any atom is -0.487 e. The number of rotatable bonds is 5. The summed E-state index contributed by atoms with van der Waals surface area (Å²) in [6.45, 7) is 2.21. The molecule has 8 heteroatoms. The first-order chi connectivity index (χ1) is 15.8. The Labute approximate surface area is 203 Å². The molecule has 0 unspecified atom stereocenters. The third-order valence-electron chi connectivity index (χ3n) is 5.00. The van der Waals surface area contributed by atoms with Crippen molar-refractivity contribution in [3.05, 3.63) is 98.5 Å². The van der Waals surface area contributed by atoms with Crippen molar-refractivity contribution < 1.29 is 19.1 Å². The number of imide groups is 2. The van der Waals surface area contributed by atoms with Gasteiger partial charge in [0.05, 0.1) is 10.7 Å². The summed E-state index contributed by atoms with van der Waals surface area (Å²) in [5.41, 5.74) is 2.66. The maximum atomic E-state index is 13.0. The zero-order valence-corrected chi connectivity index (χ0v) is 19.8. The monoisotopic (exact) mass is 524 g/mol. The first-order valence-electron chi connectivity index (χ1n) is 9.97. The summed E-state index contributed by atoms with van der Waals surface area (Å²) in [7, 11) is 0. The largest absolute Gasteiger partial charge is 0.487 e. The van der Waals surface area contributed by atoms with Crippen LogP contribution in [0.15, 0.2) is 76.8 Å². The molecule has 0 atom stereocenters. The van der Waals surface area contributed by atoms with Gasteiger partial charge in [-0.15, -0.1) is 0 Å².